The number of hydrogen-bond donors (Lipinski definition) is 0. The number of esters is 1. The second-order valence-electron chi connectivity index (χ2n) is 15.0. The van der Waals surface area contributed by atoms with Crippen LogP contribution >= 0.6 is 7.26 Å². The maximum atomic E-state index is 12.5. The number of methoxy groups -OCH3 is 1. The van der Waals surface area contributed by atoms with Gasteiger partial charge in [0.05, 0.1) is 30.7 Å². The number of rotatable bonds is 11. The molecule has 2 aromatic carbocycles. The van der Waals surface area contributed by atoms with E-state index in [1.165, 1.54) is 59.5 Å². The highest BCUT2D eigenvalue weighted by atomic mass is 31.2. The van der Waals surface area contributed by atoms with E-state index in [0.717, 1.165) is 51.7 Å². The van der Waals surface area contributed by atoms with Gasteiger partial charge >= 0.3 is 5.97 Å². The highest BCUT2D eigenvalue weighted by molar-refractivity contribution is 7.75. The number of fused-ring (bicyclic) bond motifs is 1. The van der Waals surface area contributed by atoms with Crippen LogP contribution in [0.2, 0.25) is 0 Å². The third kappa shape index (κ3) is 7.56. The molecular weight excluding hydrogens is 564 g/mol. The number of benzene rings is 2. The lowest BCUT2D eigenvalue weighted by Crippen LogP contribution is -2.47. The highest BCUT2D eigenvalue weighted by Crippen LogP contribution is 2.63. The monoisotopic (exact) mass is 618 g/mol. The van der Waals surface area contributed by atoms with Crippen LogP contribution < -0.4 is 0 Å². The van der Waals surface area contributed by atoms with Gasteiger partial charge in [0.15, 0.2) is 0 Å². The van der Waals surface area contributed by atoms with Crippen LogP contribution in [-0.4, -0.2) is 68.9 Å². The number of ether oxygens (including phenoxy) is 1. The van der Waals surface area contributed by atoms with E-state index in [4.69, 9.17) is 4.74 Å². The van der Waals surface area contributed by atoms with E-state index in [1.807, 2.05) is 6.07 Å². The maximum absolute atomic E-state index is 12.5. The van der Waals surface area contributed by atoms with Crippen molar-refractivity contribution in [3.05, 3.63) is 87.5 Å². The summed E-state index contributed by atoms with van der Waals surface area (Å²) in [6, 6.07) is 15.5. The molecule has 44 heavy (non-hydrogen) atoms. The first kappa shape index (κ1) is 33.1. The number of carbonyl (C=O) groups excluding carboxylic acids is 1. The van der Waals surface area contributed by atoms with Gasteiger partial charge in [0, 0.05) is 40.2 Å². The molecule has 0 radical (unpaired) electrons. The fourth-order valence-electron chi connectivity index (χ4n) is 7.19. The molecule has 1 unspecified atom stereocenters. The molecule has 0 amide bonds. The van der Waals surface area contributed by atoms with E-state index in [0.29, 0.717) is 29.0 Å². The van der Waals surface area contributed by atoms with Crippen molar-refractivity contribution in [1.82, 2.24) is 4.90 Å². The topological polar surface area (TPSA) is 29.5 Å². The van der Waals surface area contributed by atoms with Crippen LogP contribution in [0.15, 0.2) is 59.7 Å². The second-order valence-corrected chi connectivity index (χ2v) is 20.2. The number of hydrogen-bond acceptors (Lipinski definition) is 3. The summed E-state index contributed by atoms with van der Waals surface area (Å²) in [7, 11) is 0.480. The summed E-state index contributed by atoms with van der Waals surface area (Å²) >= 11 is 0. The Morgan fingerprint density at radius 2 is 1.80 bits per heavy atom. The Morgan fingerprint density at radius 3 is 2.48 bits per heavy atom. The minimum atomic E-state index is -0.976. The molecule has 1 fully saturated rings. The van der Waals surface area contributed by atoms with Crippen LogP contribution in [0.3, 0.4) is 0 Å². The Bertz CT molecular complexity index is 1380. The van der Waals surface area contributed by atoms with Gasteiger partial charge in [-0.25, -0.2) is 4.79 Å². The van der Waals surface area contributed by atoms with Crippen LogP contribution in [0.25, 0.3) is 5.57 Å². The number of nitrogens with zero attached hydrogens (tertiary/aromatic N) is 1. The molecule has 5 rings (SSSR count). The largest absolute Gasteiger partial charge is 0.465 e. The average Bonchev–Trinajstić information content (AvgIpc) is 3.37. The van der Waals surface area contributed by atoms with Gasteiger partial charge in [0.25, 0.3) is 0 Å². The summed E-state index contributed by atoms with van der Waals surface area (Å²) in [5.74, 6) is 1.06. The van der Waals surface area contributed by atoms with Gasteiger partial charge in [-0.2, -0.15) is 0 Å². The van der Waals surface area contributed by atoms with Gasteiger partial charge in [-0.05, 0) is 135 Å². The number of halogens is 1. The van der Waals surface area contributed by atoms with Crippen LogP contribution in [0.1, 0.15) is 91.9 Å². The minimum absolute atomic E-state index is 0.220. The van der Waals surface area contributed by atoms with Crippen molar-refractivity contribution in [3.63, 3.8) is 0 Å². The first-order valence-corrected chi connectivity index (χ1v) is 19.7. The summed E-state index contributed by atoms with van der Waals surface area (Å²) in [5, 5.41) is 0.404. The molecule has 238 valence electrons. The molecule has 1 saturated heterocycles. The first-order chi connectivity index (χ1) is 21.0. The van der Waals surface area contributed by atoms with Crippen molar-refractivity contribution >= 4 is 18.8 Å². The van der Waals surface area contributed by atoms with Gasteiger partial charge in [0.2, 0.25) is 0 Å². The molecule has 0 saturated carbocycles. The number of alkyl halides is 1. The smallest absolute Gasteiger partial charge is 0.337 e. The SMILES string of the molecule is COC(=O)c1ccc2c(c1)CCCC(C1=CC(CC[P+](C)(C)C(C)(C)C)CC1)=C2c1ccc(CC2CN(CCCF)C2)cc1. The molecule has 2 aliphatic carbocycles. The minimum Gasteiger partial charge on any atom is -0.465 e. The summed E-state index contributed by atoms with van der Waals surface area (Å²) in [5.41, 5.74) is 10.2. The van der Waals surface area contributed by atoms with E-state index in [-0.39, 0.29) is 12.6 Å². The Hall–Kier alpha value is -2.29. The second kappa shape index (κ2) is 14.0. The lowest BCUT2D eigenvalue weighted by Gasteiger charge is -2.39. The highest BCUT2D eigenvalue weighted by Gasteiger charge is 2.40. The van der Waals surface area contributed by atoms with E-state index in [1.54, 1.807) is 5.57 Å². The van der Waals surface area contributed by atoms with Crippen molar-refractivity contribution in [1.29, 1.82) is 0 Å². The average molecular weight is 619 g/mol. The van der Waals surface area contributed by atoms with Gasteiger partial charge in [0.1, 0.15) is 0 Å². The van der Waals surface area contributed by atoms with E-state index < -0.39 is 7.26 Å². The normalized spacial score (nSPS) is 19.8. The van der Waals surface area contributed by atoms with Crippen LogP contribution in [0.5, 0.6) is 0 Å². The third-order valence-electron chi connectivity index (χ3n) is 10.9. The summed E-state index contributed by atoms with van der Waals surface area (Å²) in [6.07, 6.45) is 12.5. The molecule has 3 nitrogen and oxygen atoms in total. The van der Waals surface area contributed by atoms with Crippen molar-refractivity contribution in [3.8, 4) is 0 Å². The maximum Gasteiger partial charge on any atom is 0.337 e. The number of allylic oxidation sites excluding steroid dienone is 3. The summed E-state index contributed by atoms with van der Waals surface area (Å²) in [4.78, 5) is 14.8. The Kier molecular flexibility index (Phi) is 10.5. The van der Waals surface area contributed by atoms with E-state index >= 15 is 0 Å². The third-order valence-corrected chi connectivity index (χ3v) is 15.9. The zero-order valence-electron chi connectivity index (χ0n) is 28.1. The molecule has 5 heteroatoms. The molecule has 1 heterocycles. The quantitative estimate of drug-likeness (QED) is 0.186. The molecule has 1 atom stereocenters. The lowest BCUT2D eigenvalue weighted by molar-refractivity contribution is 0.0600. The molecule has 3 aliphatic rings. The predicted molar refractivity (Wildman–Crippen MR) is 186 cm³/mol. The first-order valence-electron chi connectivity index (χ1n) is 16.9. The molecule has 1 aliphatic heterocycles. The van der Waals surface area contributed by atoms with Crippen LogP contribution in [-0.2, 0) is 17.6 Å². The zero-order valence-corrected chi connectivity index (χ0v) is 28.9. The van der Waals surface area contributed by atoms with E-state index in [2.05, 4.69) is 81.5 Å². The molecule has 0 aromatic heterocycles. The fraction of sp³-hybridized carbons (Fsp3) is 0.564. The Labute approximate surface area is 266 Å². The molecule has 2 aromatic rings. The summed E-state index contributed by atoms with van der Waals surface area (Å²) in [6.45, 7) is 15.2. The predicted octanol–water partition coefficient (Wildman–Crippen LogP) is 9.25. The fourth-order valence-corrected chi connectivity index (χ4v) is 8.84. The van der Waals surface area contributed by atoms with Crippen molar-refractivity contribution in [2.45, 2.75) is 77.3 Å². The number of carbonyl (C=O) groups is 1. The van der Waals surface area contributed by atoms with Crippen LogP contribution in [0, 0.1) is 11.8 Å². The standard InChI is InChI=1S/C39H54FNO2P/c1-39(2,3)44(5,6)22-19-29-13-16-33(24-29)35-10-7-9-32-25-34(38(42)43-4)17-18-36(32)37(35)31-14-11-28(12-15-31)23-30-26-41(27-30)21-8-20-40/h11-12,14-15,17-18,24-25,29-30H,7-10,13,16,19-23,26-27H2,1-6H3/q+1. The van der Waals surface area contributed by atoms with Crippen molar-refractivity contribution in [2.75, 3.05) is 52.9 Å². The molecular formula is C39H54FNO2P+. The zero-order chi connectivity index (χ0) is 31.5. The van der Waals surface area contributed by atoms with Crippen LogP contribution in [0.4, 0.5) is 4.39 Å². The number of aryl methyl sites for hydroxylation is 1. The van der Waals surface area contributed by atoms with Gasteiger partial charge < -0.3 is 9.64 Å². The van der Waals surface area contributed by atoms with Crippen molar-refractivity contribution in [2.24, 2.45) is 11.8 Å². The van der Waals surface area contributed by atoms with E-state index in [9.17, 15) is 9.18 Å². The Balaban J connectivity index is 1.43. The number of likely N-dealkylation sites (tertiary alicyclic amines) is 1. The Morgan fingerprint density at radius 1 is 1.05 bits per heavy atom. The van der Waals surface area contributed by atoms with Gasteiger partial charge in [-0.15, -0.1) is 0 Å². The van der Waals surface area contributed by atoms with Crippen molar-refractivity contribution < 1.29 is 13.9 Å². The summed E-state index contributed by atoms with van der Waals surface area (Å²) < 4.78 is 17.6. The molecule has 0 N–H and O–H groups in total. The van der Waals surface area contributed by atoms with Gasteiger partial charge in [-0.1, -0.05) is 36.4 Å². The lowest BCUT2D eigenvalue weighted by atomic mass is 9.86. The van der Waals surface area contributed by atoms with Gasteiger partial charge in [-0.3, -0.25) is 4.39 Å². The molecule has 0 spiro atoms. The molecule has 0 bridgehead atoms.